The smallest absolute Gasteiger partial charge is 0.138 e. The minimum absolute atomic E-state index is 0.0679. The molecule has 10 aromatic rings. The number of nitrogens with zero attached hydrogens (tertiary/aromatic N) is 5. The molecule has 0 bridgehead atoms. The van der Waals surface area contributed by atoms with E-state index in [4.69, 9.17) is 9.98 Å². The SMILES string of the molecule is C1=CC(c2cccc(-n3c4ccccc4c4c3ccc3c5ccccc5n(-c5ccccc5)c34)n2)=NC(n2c3ccccc3c3ccccc32)C1. The highest BCUT2D eigenvalue weighted by Gasteiger charge is 2.23. The second-order valence-corrected chi connectivity index (χ2v) is 13.3. The van der Waals surface area contributed by atoms with Crippen LogP contribution in [0.3, 0.4) is 0 Å². The van der Waals surface area contributed by atoms with Crippen LogP contribution >= 0.6 is 0 Å². The van der Waals surface area contributed by atoms with Crippen LogP contribution in [0, 0.1) is 0 Å². The summed E-state index contributed by atoms with van der Waals surface area (Å²) in [5, 5.41) is 7.42. The van der Waals surface area contributed by atoms with Crippen molar-refractivity contribution in [1.29, 1.82) is 0 Å². The molecule has 0 aliphatic carbocycles. The maximum atomic E-state index is 5.37. The maximum absolute atomic E-state index is 5.37. The highest BCUT2D eigenvalue weighted by Crippen LogP contribution is 2.42. The lowest BCUT2D eigenvalue weighted by molar-refractivity contribution is 0.560. The van der Waals surface area contributed by atoms with Crippen molar-refractivity contribution in [3.8, 4) is 11.5 Å². The number of hydrogen-bond donors (Lipinski definition) is 0. The van der Waals surface area contributed by atoms with E-state index in [1.165, 1.54) is 54.4 Å². The quantitative estimate of drug-likeness (QED) is 0.186. The van der Waals surface area contributed by atoms with Gasteiger partial charge in [0.05, 0.1) is 44.5 Å². The summed E-state index contributed by atoms with van der Waals surface area (Å²) in [6.45, 7) is 0. The van der Waals surface area contributed by atoms with Crippen LogP contribution in [0.15, 0.2) is 175 Å². The Balaban J connectivity index is 1.12. The summed E-state index contributed by atoms with van der Waals surface area (Å²) in [5.41, 5.74) is 9.95. The largest absolute Gasteiger partial charge is 0.317 e. The Bertz CT molecular complexity index is 3010. The maximum Gasteiger partial charge on any atom is 0.138 e. The molecule has 5 heteroatoms. The first-order valence-corrected chi connectivity index (χ1v) is 17.5. The highest BCUT2D eigenvalue weighted by molar-refractivity contribution is 6.26. The van der Waals surface area contributed by atoms with Crippen LogP contribution in [0.2, 0.25) is 0 Å². The molecule has 0 saturated heterocycles. The number of para-hydroxylation sites is 5. The van der Waals surface area contributed by atoms with Gasteiger partial charge in [-0.05, 0) is 60.7 Å². The zero-order valence-corrected chi connectivity index (χ0v) is 27.7. The molecule has 1 atom stereocenters. The van der Waals surface area contributed by atoms with Crippen LogP contribution in [0.1, 0.15) is 18.3 Å². The number of aliphatic imine (C=N–C) groups is 1. The van der Waals surface area contributed by atoms with Crippen molar-refractivity contribution in [3.05, 3.63) is 176 Å². The van der Waals surface area contributed by atoms with Crippen molar-refractivity contribution in [2.45, 2.75) is 12.6 Å². The molecule has 0 saturated carbocycles. The van der Waals surface area contributed by atoms with Gasteiger partial charge in [0.25, 0.3) is 0 Å². The van der Waals surface area contributed by atoms with Gasteiger partial charge in [-0.25, -0.2) is 4.98 Å². The van der Waals surface area contributed by atoms with Crippen molar-refractivity contribution in [2.24, 2.45) is 4.99 Å². The third-order valence-electron chi connectivity index (χ3n) is 10.5. The number of hydrogen-bond acceptors (Lipinski definition) is 2. The first kappa shape index (κ1) is 28.2. The van der Waals surface area contributed by atoms with E-state index in [0.717, 1.165) is 40.4 Å². The summed E-state index contributed by atoms with van der Waals surface area (Å²) in [7, 11) is 0. The monoisotopic (exact) mass is 653 g/mol. The minimum atomic E-state index is -0.0679. The molecule has 5 nitrogen and oxygen atoms in total. The zero-order chi connectivity index (χ0) is 33.5. The third-order valence-corrected chi connectivity index (χ3v) is 10.5. The molecule has 51 heavy (non-hydrogen) atoms. The normalized spacial score (nSPS) is 14.8. The van der Waals surface area contributed by atoms with Crippen molar-refractivity contribution in [1.82, 2.24) is 18.7 Å². The molecule has 0 N–H and O–H groups in total. The van der Waals surface area contributed by atoms with Crippen molar-refractivity contribution in [2.75, 3.05) is 0 Å². The van der Waals surface area contributed by atoms with E-state index < -0.39 is 0 Å². The van der Waals surface area contributed by atoms with Crippen LogP contribution in [0.25, 0.3) is 76.9 Å². The van der Waals surface area contributed by atoms with Gasteiger partial charge in [0.2, 0.25) is 0 Å². The topological polar surface area (TPSA) is 40.0 Å². The molecule has 0 fully saturated rings. The Morgan fingerprint density at radius 2 is 1.08 bits per heavy atom. The lowest BCUT2D eigenvalue weighted by Gasteiger charge is -2.20. The van der Waals surface area contributed by atoms with Crippen LogP contribution in [0.5, 0.6) is 0 Å². The van der Waals surface area contributed by atoms with E-state index in [1.807, 2.05) is 0 Å². The summed E-state index contributed by atoms with van der Waals surface area (Å²) in [6.07, 6.45) is 5.13. The number of benzene rings is 6. The number of rotatable bonds is 4. The summed E-state index contributed by atoms with van der Waals surface area (Å²) < 4.78 is 7.13. The van der Waals surface area contributed by atoms with Gasteiger partial charge in [-0.2, -0.15) is 0 Å². The van der Waals surface area contributed by atoms with Crippen molar-refractivity contribution >= 4 is 71.1 Å². The lowest BCUT2D eigenvalue weighted by Crippen LogP contribution is -2.14. The van der Waals surface area contributed by atoms with Gasteiger partial charge in [0.15, 0.2) is 0 Å². The second-order valence-electron chi connectivity index (χ2n) is 13.3. The molecule has 0 amide bonds. The number of fused-ring (bicyclic) bond motifs is 10. The molecular formula is C46H31N5. The standard InChI is InChI=1S/C46H31N5/c1-2-14-30(15-3-1)49-38-22-8-6-18-33(38)34-28-29-42-45(46(34)49)35-19-7-11-25-41(35)51(42)44-27-13-21-37(48-44)36-20-12-26-43(47-36)50-39-23-9-4-16-31(39)32-17-5-10-24-40(32)50/h1-25,27-29,43H,26H2. The number of allylic oxidation sites excluding steroid dienone is 1. The Kier molecular flexibility index (Phi) is 6.01. The van der Waals surface area contributed by atoms with Gasteiger partial charge in [0.1, 0.15) is 12.0 Å². The third kappa shape index (κ3) is 4.09. The van der Waals surface area contributed by atoms with E-state index >= 15 is 0 Å². The molecule has 0 spiro atoms. The number of dihydropyridines is 1. The molecule has 11 rings (SSSR count). The van der Waals surface area contributed by atoms with Crippen LogP contribution in [-0.2, 0) is 0 Å². The Morgan fingerprint density at radius 1 is 0.471 bits per heavy atom. The minimum Gasteiger partial charge on any atom is -0.317 e. The van der Waals surface area contributed by atoms with Crippen LogP contribution in [0.4, 0.5) is 0 Å². The summed E-state index contributed by atoms with van der Waals surface area (Å²) >= 11 is 0. The Hall–Kier alpha value is -6.72. The molecule has 0 radical (unpaired) electrons. The summed E-state index contributed by atoms with van der Waals surface area (Å²) in [5.74, 6) is 0.871. The van der Waals surface area contributed by atoms with Crippen LogP contribution in [-0.4, -0.2) is 24.4 Å². The first-order valence-electron chi connectivity index (χ1n) is 17.5. The molecule has 1 aliphatic heterocycles. The van der Waals surface area contributed by atoms with Crippen LogP contribution < -0.4 is 0 Å². The molecule has 4 aromatic heterocycles. The molecule has 6 aromatic carbocycles. The van der Waals surface area contributed by atoms with E-state index in [1.54, 1.807) is 0 Å². The van der Waals surface area contributed by atoms with Crippen molar-refractivity contribution < 1.29 is 0 Å². The van der Waals surface area contributed by atoms with Crippen molar-refractivity contribution in [3.63, 3.8) is 0 Å². The number of aromatic nitrogens is 4. The van der Waals surface area contributed by atoms with E-state index in [9.17, 15) is 0 Å². The second kappa shape index (κ2) is 10.9. The first-order chi connectivity index (χ1) is 25.3. The molecule has 1 aliphatic rings. The van der Waals surface area contributed by atoms with Gasteiger partial charge in [-0.3, -0.25) is 9.56 Å². The fourth-order valence-electron chi connectivity index (χ4n) is 8.44. The van der Waals surface area contributed by atoms with Gasteiger partial charge in [-0.15, -0.1) is 0 Å². The van der Waals surface area contributed by atoms with Gasteiger partial charge in [0, 0.05) is 44.4 Å². The summed E-state index contributed by atoms with van der Waals surface area (Å²) in [6, 6.07) is 56.3. The van der Waals surface area contributed by atoms with E-state index in [-0.39, 0.29) is 6.17 Å². The fraction of sp³-hybridized carbons (Fsp3) is 0.0435. The summed E-state index contributed by atoms with van der Waals surface area (Å²) in [4.78, 5) is 10.7. The van der Waals surface area contributed by atoms with Gasteiger partial charge < -0.3 is 9.13 Å². The molecule has 1 unspecified atom stereocenters. The van der Waals surface area contributed by atoms with E-state index in [0.29, 0.717) is 0 Å². The number of pyridine rings is 1. The highest BCUT2D eigenvalue weighted by atomic mass is 15.1. The molecular weight excluding hydrogens is 623 g/mol. The fourth-order valence-corrected chi connectivity index (χ4v) is 8.44. The lowest BCUT2D eigenvalue weighted by atomic mass is 10.1. The predicted molar refractivity (Wildman–Crippen MR) is 212 cm³/mol. The molecule has 5 heterocycles. The Labute approximate surface area is 293 Å². The Morgan fingerprint density at radius 3 is 1.80 bits per heavy atom. The average Bonchev–Trinajstić information content (AvgIpc) is 3.84. The molecule has 240 valence electrons. The van der Waals surface area contributed by atoms with Gasteiger partial charge >= 0.3 is 0 Å². The predicted octanol–water partition coefficient (Wildman–Crippen LogP) is 11.3. The average molecular weight is 654 g/mol. The van der Waals surface area contributed by atoms with Gasteiger partial charge in [-0.1, -0.05) is 109 Å². The van der Waals surface area contributed by atoms with E-state index in [2.05, 4.69) is 184 Å². The zero-order valence-electron chi connectivity index (χ0n) is 27.7.